The van der Waals surface area contributed by atoms with E-state index in [-0.39, 0.29) is 0 Å². The van der Waals surface area contributed by atoms with Crippen LogP contribution in [0.25, 0.3) is 0 Å². The van der Waals surface area contributed by atoms with E-state index in [1.165, 1.54) is 17.9 Å². The average Bonchev–Trinajstić information content (AvgIpc) is 2.79. The number of aromatic nitrogens is 2. The number of hydrogen-bond donors (Lipinski definition) is 1. The van der Waals surface area contributed by atoms with Gasteiger partial charge in [0, 0.05) is 18.4 Å². The van der Waals surface area contributed by atoms with E-state index in [2.05, 4.69) is 34.0 Å². The summed E-state index contributed by atoms with van der Waals surface area (Å²) < 4.78 is 0. The van der Waals surface area contributed by atoms with Crippen molar-refractivity contribution in [2.24, 2.45) is 5.92 Å². The molecule has 1 saturated heterocycles. The molecule has 3 nitrogen and oxygen atoms in total. The van der Waals surface area contributed by atoms with Gasteiger partial charge in [-0.15, -0.1) is 0 Å². The summed E-state index contributed by atoms with van der Waals surface area (Å²) in [7, 11) is 0. The van der Waals surface area contributed by atoms with E-state index >= 15 is 0 Å². The van der Waals surface area contributed by atoms with Crippen molar-refractivity contribution < 1.29 is 0 Å². The van der Waals surface area contributed by atoms with Gasteiger partial charge in [-0.1, -0.05) is 0 Å². The molecule has 0 radical (unpaired) electrons. The highest BCUT2D eigenvalue weighted by Crippen LogP contribution is 2.23. The van der Waals surface area contributed by atoms with Crippen LogP contribution in [0.4, 0.5) is 0 Å². The summed E-state index contributed by atoms with van der Waals surface area (Å²) in [5.74, 6) is 3.47. The Bertz CT molecular complexity index is 337. The van der Waals surface area contributed by atoms with E-state index in [9.17, 15) is 0 Å². The summed E-state index contributed by atoms with van der Waals surface area (Å²) >= 11 is 2.06. The summed E-state index contributed by atoms with van der Waals surface area (Å²) in [6.45, 7) is 5.29. The molecule has 2 atom stereocenters. The highest BCUT2D eigenvalue weighted by atomic mass is 32.2. The quantitative estimate of drug-likeness (QED) is 0.871. The fourth-order valence-corrected chi connectivity index (χ4v) is 3.31. The Morgan fingerprint density at radius 1 is 1.50 bits per heavy atom. The van der Waals surface area contributed by atoms with Crippen LogP contribution in [0.1, 0.15) is 30.8 Å². The molecule has 0 aliphatic carbocycles. The van der Waals surface area contributed by atoms with Crippen LogP contribution >= 0.6 is 11.8 Å². The first-order valence-corrected chi connectivity index (χ1v) is 7.01. The van der Waals surface area contributed by atoms with E-state index in [4.69, 9.17) is 0 Å². The van der Waals surface area contributed by atoms with Crippen molar-refractivity contribution in [2.45, 2.75) is 26.3 Å². The van der Waals surface area contributed by atoms with Gasteiger partial charge < -0.3 is 5.32 Å². The summed E-state index contributed by atoms with van der Waals surface area (Å²) in [5, 5.41) is 3.57. The van der Waals surface area contributed by atoms with Gasteiger partial charge >= 0.3 is 0 Å². The van der Waals surface area contributed by atoms with Gasteiger partial charge in [0.25, 0.3) is 0 Å². The molecule has 1 aromatic heterocycles. The van der Waals surface area contributed by atoms with E-state index in [1.54, 1.807) is 12.4 Å². The Labute approximate surface area is 101 Å². The summed E-state index contributed by atoms with van der Waals surface area (Å²) in [6.07, 6.45) is 4.87. The van der Waals surface area contributed by atoms with Crippen LogP contribution < -0.4 is 5.32 Å². The Hall–Kier alpha value is -0.610. The van der Waals surface area contributed by atoms with Crippen LogP contribution in [0.5, 0.6) is 0 Å². The minimum Gasteiger partial charge on any atom is -0.308 e. The van der Waals surface area contributed by atoms with Crippen LogP contribution in [0, 0.1) is 12.8 Å². The second kappa shape index (κ2) is 5.64. The predicted octanol–water partition coefficient (Wildman–Crippen LogP) is 2.19. The molecule has 4 heteroatoms. The van der Waals surface area contributed by atoms with Crippen molar-refractivity contribution in [3.63, 3.8) is 0 Å². The third-order valence-electron chi connectivity index (χ3n) is 3.07. The topological polar surface area (TPSA) is 37.8 Å². The van der Waals surface area contributed by atoms with Crippen molar-refractivity contribution in [1.82, 2.24) is 15.3 Å². The van der Waals surface area contributed by atoms with Crippen molar-refractivity contribution in [3.05, 3.63) is 23.8 Å². The molecular formula is C12H19N3S. The normalized spacial score (nSPS) is 22.2. The molecule has 0 saturated carbocycles. The minimum atomic E-state index is 0.305. The first-order valence-electron chi connectivity index (χ1n) is 5.86. The van der Waals surface area contributed by atoms with E-state index in [0.29, 0.717) is 6.04 Å². The highest BCUT2D eigenvalue weighted by molar-refractivity contribution is 7.99. The van der Waals surface area contributed by atoms with Crippen molar-refractivity contribution in [1.29, 1.82) is 0 Å². The lowest BCUT2D eigenvalue weighted by molar-refractivity contribution is 0.470. The van der Waals surface area contributed by atoms with Crippen molar-refractivity contribution in [2.75, 3.05) is 18.1 Å². The molecule has 1 aliphatic heterocycles. The smallest absolute Gasteiger partial charge is 0.0782 e. The molecule has 1 aromatic rings. The van der Waals surface area contributed by atoms with Gasteiger partial charge in [0.05, 0.1) is 11.4 Å². The zero-order valence-corrected chi connectivity index (χ0v) is 10.8. The summed E-state index contributed by atoms with van der Waals surface area (Å²) in [6, 6.07) is 0.305. The predicted molar refractivity (Wildman–Crippen MR) is 68.6 cm³/mol. The molecule has 1 aliphatic rings. The number of nitrogens with zero attached hydrogens (tertiary/aromatic N) is 2. The second-order valence-corrected chi connectivity index (χ2v) is 5.54. The number of aryl methyl sites for hydroxylation is 1. The largest absolute Gasteiger partial charge is 0.308 e. The van der Waals surface area contributed by atoms with Gasteiger partial charge in [-0.05, 0) is 44.2 Å². The first-order chi connectivity index (χ1) is 7.77. The van der Waals surface area contributed by atoms with Crippen molar-refractivity contribution >= 4 is 11.8 Å². The van der Waals surface area contributed by atoms with Crippen LogP contribution in [0.2, 0.25) is 0 Å². The van der Waals surface area contributed by atoms with Crippen LogP contribution in [-0.4, -0.2) is 28.0 Å². The molecule has 2 rings (SSSR count). The zero-order chi connectivity index (χ0) is 11.4. The van der Waals surface area contributed by atoms with Crippen LogP contribution in [-0.2, 0) is 0 Å². The molecule has 88 valence electrons. The first kappa shape index (κ1) is 11.9. The van der Waals surface area contributed by atoms with Crippen LogP contribution in [0.15, 0.2) is 12.4 Å². The fraction of sp³-hybridized carbons (Fsp3) is 0.667. The van der Waals surface area contributed by atoms with Crippen LogP contribution in [0.3, 0.4) is 0 Å². The zero-order valence-electron chi connectivity index (χ0n) is 9.94. The highest BCUT2D eigenvalue weighted by Gasteiger charge is 2.17. The van der Waals surface area contributed by atoms with Gasteiger partial charge in [-0.25, -0.2) is 0 Å². The summed E-state index contributed by atoms with van der Waals surface area (Å²) in [5.41, 5.74) is 2.11. The number of nitrogens with one attached hydrogen (secondary N) is 1. The van der Waals surface area contributed by atoms with Gasteiger partial charge in [0.2, 0.25) is 0 Å². The molecular weight excluding hydrogens is 218 g/mol. The molecule has 1 fully saturated rings. The van der Waals surface area contributed by atoms with E-state index in [0.717, 1.165) is 23.9 Å². The lowest BCUT2D eigenvalue weighted by Gasteiger charge is -2.17. The molecule has 0 amide bonds. The maximum atomic E-state index is 4.39. The number of thioether (sulfide) groups is 1. The second-order valence-electron chi connectivity index (χ2n) is 4.39. The Balaban J connectivity index is 1.87. The van der Waals surface area contributed by atoms with E-state index in [1.807, 2.05) is 6.92 Å². The van der Waals surface area contributed by atoms with Gasteiger partial charge in [-0.2, -0.15) is 11.8 Å². The molecule has 0 bridgehead atoms. The average molecular weight is 237 g/mol. The van der Waals surface area contributed by atoms with E-state index < -0.39 is 0 Å². The van der Waals surface area contributed by atoms with Gasteiger partial charge in [-0.3, -0.25) is 9.97 Å². The molecule has 0 spiro atoms. The maximum Gasteiger partial charge on any atom is 0.0782 e. The number of rotatable bonds is 4. The summed E-state index contributed by atoms with van der Waals surface area (Å²) in [4.78, 5) is 8.67. The molecule has 2 heterocycles. The third-order valence-corrected chi connectivity index (χ3v) is 4.30. The Morgan fingerprint density at radius 2 is 2.31 bits per heavy atom. The molecule has 16 heavy (non-hydrogen) atoms. The third kappa shape index (κ3) is 2.95. The molecule has 1 N–H and O–H groups in total. The lowest BCUT2D eigenvalue weighted by Crippen LogP contribution is -2.27. The Kier molecular flexibility index (Phi) is 4.18. The van der Waals surface area contributed by atoms with Crippen molar-refractivity contribution in [3.8, 4) is 0 Å². The van der Waals surface area contributed by atoms with Gasteiger partial charge in [0.1, 0.15) is 0 Å². The fourth-order valence-electron chi connectivity index (χ4n) is 2.03. The van der Waals surface area contributed by atoms with Gasteiger partial charge in [0.15, 0.2) is 0 Å². The Morgan fingerprint density at radius 3 is 3.00 bits per heavy atom. The molecule has 0 aromatic carbocycles. The SMILES string of the molecule is Cc1nccnc1C(C)NCC1CCSC1. The lowest BCUT2D eigenvalue weighted by atomic mass is 10.1. The number of hydrogen-bond acceptors (Lipinski definition) is 4. The minimum absolute atomic E-state index is 0.305. The maximum absolute atomic E-state index is 4.39. The molecule has 2 unspecified atom stereocenters. The standard InChI is InChI=1S/C12H19N3S/c1-9-12(14-5-4-13-9)10(2)15-7-11-3-6-16-8-11/h4-5,10-11,15H,3,6-8H2,1-2H3. The monoisotopic (exact) mass is 237 g/mol.